The molecule has 1 aliphatic heterocycles. The Labute approximate surface area is 117 Å². The number of likely N-dealkylation sites (N-methyl/N-ethyl adjacent to an activating group) is 1. The number of nitrogens with zero attached hydrogens (tertiary/aromatic N) is 4. The molecule has 1 fully saturated rings. The Bertz CT molecular complexity index is 476. The van der Waals surface area contributed by atoms with Crippen LogP contribution in [-0.2, 0) is 4.74 Å². The Kier molecular flexibility index (Phi) is 4.67. The van der Waals surface area contributed by atoms with E-state index in [1.165, 1.54) is 6.20 Å². The van der Waals surface area contributed by atoms with E-state index in [0.717, 1.165) is 19.4 Å². The Hall–Kier alpha value is -1.96. The molecule has 2 heterocycles. The van der Waals surface area contributed by atoms with Crippen molar-refractivity contribution < 1.29 is 9.66 Å². The second kappa shape index (κ2) is 6.47. The van der Waals surface area contributed by atoms with Crippen molar-refractivity contribution in [1.29, 1.82) is 0 Å². The molecule has 2 rings (SSSR count). The van der Waals surface area contributed by atoms with E-state index in [4.69, 9.17) is 4.74 Å². The van der Waals surface area contributed by atoms with Gasteiger partial charge in [0.2, 0.25) is 11.8 Å². The molecule has 0 amide bonds. The van der Waals surface area contributed by atoms with Crippen molar-refractivity contribution in [1.82, 2.24) is 9.97 Å². The summed E-state index contributed by atoms with van der Waals surface area (Å²) in [5.41, 5.74) is -0.0798. The highest BCUT2D eigenvalue weighted by Gasteiger charge is 2.25. The Morgan fingerprint density at radius 1 is 1.65 bits per heavy atom. The van der Waals surface area contributed by atoms with Crippen molar-refractivity contribution >= 4 is 17.5 Å². The third-order valence-corrected chi connectivity index (χ3v) is 3.30. The fourth-order valence-electron chi connectivity index (χ4n) is 2.25. The van der Waals surface area contributed by atoms with Gasteiger partial charge in [0.05, 0.1) is 11.0 Å². The minimum Gasteiger partial charge on any atom is -0.376 e. The maximum atomic E-state index is 11.1. The van der Waals surface area contributed by atoms with E-state index in [1.807, 2.05) is 11.8 Å². The molecule has 8 heteroatoms. The predicted molar refractivity (Wildman–Crippen MR) is 75.1 cm³/mol. The molecule has 1 aliphatic rings. The first-order chi connectivity index (χ1) is 9.65. The molecule has 0 saturated carbocycles. The first-order valence-electron chi connectivity index (χ1n) is 6.71. The van der Waals surface area contributed by atoms with Gasteiger partial charge < -0.3 is 15.0 Å². The van der Waals surface area contributed by atoms with Crippen molar-refractivity contribution in [2.24, 2.45) is 0 Å². The molecule has 20 heavy (non-hydrogen) atoms. The van der Waals surface area contributed by atoms with Crippen molar-refractivity contribution in [2.45, 2.75) is 25.9 Å². The average Bonchev–Trinajstić information content (AvgIpc) is 2.97. The Morgan fingerprint density at radius 3 is 3.00 bits per heavy atom. The van der Waals surface area contributed by atoms with Gasteiger partial charge in [-0.05, 0) is 19.8 Å². The summed E-state index contributed by atoms with van der Waals surface area (Å²) in [5.74, 6) is 0.712. The molecular weight excluding hydrogens is 262 g/mol. The number of aromatic nitrogens is 2. The fourth-order valence-corrected chi connectivity index (χ4v) is 2.25. The predicted octanol–water partition coefficient (Wildman–Crippen LogP) is 1.43. The molecule has 1 unspecified atom stereocenters. The van der Waals surface area contributed by atoms with E-state index in [1.54, 1.807) is 7.05 Å². The van der Waals surface area contributed by atoms with Gasteiger partial charge in [-0.3, -0.25) is 10.1 Å². The van der Waals surface area contributed by atoms with Crippen LogP contribution in [0.15, 0.2) is 6.20 Å². The highest BCUT2D eigenvalue weighted by Crippen LogP contribution is 2.27. The summed E-state index contributed by atoms with van der Waals surface area (Å²) in [7, 11) is 1.68. The molecule has 0 bridgehead atoms. The van der Waals surface area contributed by atoms with Crippen LogP contribution in [0.2, 0.25) is 0 Å². The highest BCUT2D eigenvalue weighted by atomic mass is 16.6. The van der Waals surface area contributed by atoms with Crippen molar-refractivity contribution in [3.8, 4) is 0 Å². The molecule has 8 nitrogen and oxygen atoms in total. The maximum absolute atomic E-state index is 11.1. The zero-order valence-electron chi connectivity index (χ0n) is 11.7. The van der Waals surface area contributed by atoms with Crippen LogP contribution in [0.25, 0.3) is 0 Å². The molecule has 1 saturated heterocycles. The van der Waals surface area contributed by atoms with Gasteiger partial charge in [-0.1, -0.05) is 0 Å². The molecule has 1 atom stereocenters. The zero-order valence-corrected chi connectivity index (χ0v) is 11.7. The fraction of sp³-hybridized carbons (Fsp3) is 0.667. The van der Waals surface area contributed by atoms with Gasteiger partial charge in [0, 0.05) is 26.7 Å². The van der Waals surface area contributed by atoms with Crippen LogP contribution in [0.1, 0.15) is 19.8 Å². The molecular formula is C12H19N5O3. The molecule has 110 valence electrons. The molecule has 1 N–H and O–H groups in total. The minimum absolute atomic E-state index is 0.0798. The lowest BCUT2D eigenvalue weighted by Gasteiger charge is -2.24. The third-order valence-electron chi connectivity index (χ3n) is 3.30. The normalized spacial score (nSPS) is 18.0. The van der Waals surface area contributed by atoms with Gasteiger partial charge in [-0.2, -0.15) is 4.98 Å². The van der Waals surface area contributed by atoms with Gasteiger partial charge >= 0.3 is 5.69 Å². The van der Waals surface area contributed by atoms with E-state index in [-0.39, 0.29) is 11.8 Å². The Morgan fingerprint density at radius 2 is 2.45 bits per heavy atom. The quantitative estimate of drug-likeness (QED) is 0.622. The summed E-state index contributed by atoms with van der Waals surface area (Å²) in [6.07, 6.45) is 3.37. The van der Waals surface area contributed by atoms with E-state index < -0.39 is 4.92 Å². The van der Waals surface area contributed by atoms with Crippen molar-refractivity contribution in [3.63, 3.8) is 0 Å². The third kappa shape index (κ3) is 3.13. The van der Waals surface area contributed by atoms with Crippen LogP contribution in [0.3, 0.4) is 0 Å². The summed E-state index contributed by atoms with van der Waals surface area (Å²) in [6.45, 7) is 3.94. The minimum atomic E-state index is -0.451. The van der Waals surface area contributed by atoms with Crippen LogP contribution in [-0.4, -0.2) is 47.7 Å². The number of nitrogens with one attached hydrogen (secondary N) is 1. The summed E-state index contributed by atoms with van der Waals surface area (Å²) in [5, 5.41) is 13.9. The van der Waals surface area contributed by atoms with Crippen LogP contribution in [0.5, 0.6) is 0 Å². The van der Waals surface area contributed by atoms with E-state index in [9.17, 15) is 10.1 Å². The smallest absolute Gasteiger partial charge is 0.329 e. The molecule has 0 spiro atoms. The van der Waals surface area contributed by atoms with Gasteiger partial charge in [-0.15, -0.1) is 0 Å². The second-order valence-corrected chi connectivity index (χ2v) is 4.58. The summed E-state index contributed by atoms with van der Waals surface area (Å²) in [4.78, 5) is 20.7. The molecule has 0 aliphatic carbocycles. The largest absolute Gasteiger partial charge is 0.376 e. The average molecular weight is 281 g/mol. The van der Waals surface area contributed by atoms with Crippen molar-refractivity contribution in [3.05, 3.63) is 16.3 Å². The molecule has 0 aromatic carbocycles. The van der Waals surface area contributed by atoms with Gasteiger partial charge in [0.25, 0.3) is 0 Å². The number of rotatable bonds is 6. The SMILES string of the molecule is CCN(CC1CCCO1)c1nc(NC)ncc1[N+](=O)[O-]. The summed E-state index contributed by atoms with van der Waals surface area (Å²) >= 11 is 0. The van der Waals surface area contributed by atoms with Crippen LogP contribution in [0.4, 0.5) is 17.5 Å². The van der Waals surface area contributed by atoms with Gasteiger partial charge in [0.1, 0.15) is 6.20 Å². The topological polar surface area (TPSA) is 93.4 Å². The lowest BCUT2D eigenvalue weighted by molar-refractivity contribution is -0.384. The molecule has 0 radical (unpaired) electrons. The number of ether oxygens (including phenoxy) is 1. The van der Waals surface area contributed by atoms with Crippen molar-refractivity contribution in [2.75, 3.05) is 37.0 Å². The van der Waals surface area contributed by atoms with E-state index >= 15 is 0 Å². The number of hydrogen-bond acceptors (Lipinski definition) is 7. The monoisotopic (exact) mass is 281 g/mol. The lowest BCUT2D eigenvalue weighted by atomic mass is 10.2. The van der Waals surface area contributed by atoms with E-state index in [0.29, 0.717) is 24.9 Å². The second-order valence-electron chi connectivity index (χ2n) is 4.58. The first kappa shape index (κ1) is 14.4. The standard InChI is InChI=1S/C12H19N5O3/c1-3-16(8-9-5-4-6-20-9)11-10(17(18)19)7-14-12(13-2)15-11/h7,9H,3-6,8H2,1-2H3,(H,13,14,15). The number of hydrogen-bond donors (Lipinski definition) is 1. The van der Waals surface area contributed by atoms with Crippen LogP contribution in [0, 0.1) is 10.1 Å². The number of nitro groups is 1. The van der Waals surface area contributed by atoms with Crippen LogP contribution < -0.4 is 10.2 Å². The van der Waals surface area contributed by atoms with Gasteiger partial charge in [0.15, 0.2) is 0 Å². The molecule has 1 aromatic heterocycles. The summed E-state index contributed by atoms with van der Waals surface area (Å²) in [6, 6.07) is 0. The molecule has 1 aromatic rings. The zero-order chi connectivity index (χ0) is 14.5. The van der Waals surface area contributed by atoms with Crippen LogP contribution >= 0.6 is 0 Å². The summed E-state index contributed by atoms with van der Waals surface area (Å²) < 4.78 is 5.59. The van der Waals surface area contributed by atoms with Gasteiger partial charge in [-0.25, -0.2) is 4.98 Å². The highest BCUT2D eigenvalue weighted by molar-refractivity contribution is 5.58. The first-order valence-corrected chi connectivity index (χ1v) is 6.71. The Balaban J connectivity index is 2.27. The number of anilines is 2. The lowest BCUT2D eigenvalue weighted by Crippen LogP contribution is -2.33. The maximum Gasteiger partial charge on any atom is 0.329 e. The van der Waals surface area contributed by atoms with E-state index in [2.05, 4.69) is 15.3 Å².